The molecule has 0 spiro atoms. The number of carbonyl (C=O) groups is 2. The molecule has 1 aromatic carbocycles. The van der Waals surface area contributed by atoms with E-state index in [0.717, 1.165) is 17.7 Å². The Morgan fingerprint density at radius 2 is 1.87 bits per heavy atom. The Balaban J connectivity index is 1.59. The zero-order valence-corrected chi connectivity index (χ0v) is 23.2. The van der Waals surface area contributed by atoms with Crippen LogP contribution in [0.4, 0.5) is 4.39 Å². The monoisotopic (exact) mass is 570 g/mol. The van der Waals surface area contributed by atoms with Crippen LogP contribution in [-0.2, 0) is 21.1 Å². The first-order valence-corrected chi connectivity index (χ1v) is 14.5. The number of benzene rings is 1. The van der Waals surface area contributed by atoms with Crippen LogP contribution in [0.5, 0.6) is 0 Å². The molecule has 39 heavy (non-hydrogen) atoms. The molecule has 3 heterocycles. The van der Waals surface area contributed by atoms with Crippen LogP contribution in [0.15, 0.2) is 63.9 Å². The van der Waals surface area contributed by atoms with Crippen molar-refractivity contribution in [1.29, 1.82) is 0 Å². The van der Waals surface area contributed by atoms with E-state index in [1.807, 2.05) is 25.9 Å². The molecule has 12 heteroatoms. The van der Waals surface area contributed by atoms with Crippen molar-refractivity contribution in [3.05, 3.63) is 87.0 Å². The predicted molar refractivity (Wildman–Crippen MR) is 148 cm³/mol. The molecule has 0 saturated heterocycles. The number of likely N-dealkylation sites (N-methyl/N-ethyl adjacent to an activating group) is 1. The Bertz CT molecular complexity index is 1710. The van der Waals surface area contributed by atoms with Crippen molar-refractivity contribution in [2.24, 2.45) is 0 Å². The highest BCUT2D eigenvalue weighted by molar-refractivity contribution is 7.94. The van der Waals surface area contributed by atoms with E-state index in [2.05, 4.69) is 10.3 Å². The smallest absolute Gasteiger partial charge is 0.264 e. The molecule has 1 N–H and O–H groups in total. The molecule has 0 aliphatic heterocycles. The third kappa shape index (κ3) is 6.64. The minimum absolute atomic E-state index is 0.200. The molecule has 0 unspecified atom stereocenters. The molecule has 204 valence electrons. The Morgan fingerprint density at radius 1 is 1.10 bits per heavy atom. The molecule has 0 radical (unpaired) electrons. The minimum Gasteiger partial charge on any atom is -0.351 e. The second kappa shape index (κ2) is 11.6. The number of hydrogen-bond acceptors (Lipinski definition) is 8. The standard InChI is InChI=1S/C27H27FN4O5S2/c1-17-4-6-20-21(12-17)22(26(34)29-10-11-31(2)3)15-32(27(20)35)24-8-5-18(14-30-24)13-19(33)16-39(36,37)25-9-7-23(28)38-25/h4-9,12,14-15H,10-11,13,16H2,1-3H3,(H,29,34). The number of nitrogens with one attached hydrogen (secondary N) is 1. The van der Waals surface area contributed by atoms with Crippen LogP contribution in [0.2, 0.25) is 0 Å². The maximum Gasteiger partial charge on any atom is 0.264 e. The lowest BCUT2D eigenvalue weighted by Gasteiger charge is -2.14. The van der Waals surface area contributed by atoms with Crippen LogP contribution in [0, 0.1) is 12.1 Å². The highest BCUT2D eigenvalue weighted by atomic mass is 32.2. The number of rotatable bonds is 10. The molecule has 0 bridgehead atoms. The normalized spacial score (nSPS) is 11.7. The number of ketones is 1. The van der Waals surface area contributed by atoms with Crippen LogP contribution in [0.25, 0.3) is 16.6 Å². The molecule has 0 fully saturated rings. The van der Waals surface area contributed by atoms with E-state index < -0.39 is 26.5 Å². The summed E-state index contributed by atoms with van der Waals surface area (Å²) in [6, 6.07) is 10.5. The summed E-state index contributed by atoms with van der Waals surface area (Å²) in [5, 5.41) is 3.13. The fourth-order valence-electron chi connectivity index (χ4n) is 3.98. The summed E-state index contributed by atoms with van der Waals surface area (Å²) in [5.74, 6) is -1.42. The summed E-state index contributed by atoms with van der Waals surface area (Å²) in [6.45, 7) is 2.95. The Labute approximate surface area is 228 Å². The van der Waals surface area contributed by atoms with Crippen molar-refractivity contribution < 1.29 is 22.4 Å². The molecule has 1 amide bonds. The maximum absolute atomic E-state index is 13.3. The molecule has 0 saturated carbocycles. The van der Waals surface area contributed by atoms with Gasteiger partial charge in [-0.1, -0.05) is 35.1 Å². The largest absolute Gasteiger partial charge is 0.351 e. The second-order valence-corrected chi connectivity index (χ2v) is 12.6. The molecular weight excluding hydrogens is 543 g/mol. The number of Topliss-reactive ketones (excluding diaryl/α,β-unsaturated/α-hetero) is 1. The summed E-state index contributed by atoms with van der Waals surface area (Å²) in [7, 11) is -0.140. The molecule has 0 atom stereocenters. The van der Waals surface area contributed by atoms with E-state index in [4.69, 9.17) is 0 Å². The van der Waals surface area contributed by atoms with Crippen LogP contribution in [-0.4, -0.2) is 67.5 Å². The number of aromatic nitrogens is 2. The first-order chi connectivity index (χ1) is 18.4. The van der Waals surface area contributed by atoms with Gasteiger partial charge < -0.3 is 10.2 Å². The zero-order valence-electron chi connectivity index (χ0n) is 21.6. The number of sulfone groups is 1. The summed E-state index contributed by atoms with van der Waals surface area (Å²) in [5.41, 5.74) is 1.31. The van der Waals surface area contributed by atoms with E-state index in [-0.39, 0.29) is 27.9 Å². The minimum atomic E-state index is -3.94. The molecule has 4 aromatic rings. The average Bonchev–Trinajstić information content (AvgIpc) is 3.31. The summed E-state index contributed by atoms with van der Waals surface area (Å²) >= 11 is 0.472. The SMILES string of the molecule is Cc1ccc2c(=O)n(-c3ccc(CC(=O)CS(=O)(=O)c4ccc(F)s4)cn3)cc(C(=O)NCCN(C)C)c2c1. The van der Waals surface area contributed by atoms with Gasteiger partial charge in [-0.3, -0.25) is 19.0 Å². The van der Waals surface area contributed by atoms with Gasteiger partial charge in [0.2, 0.25) is 0 Å². The van der Waals surface area contributed by atoms with Gasteiger partial charge in [0.25, 0.3) is 11.5 Å². The van der Waals surface area contributed by atoms with Crippen LogP contribution >= 0.6 is 11.3 Å². The molecule has 0 aliphatic rings. The van der Waals surface area contributed by atoms with Crippen LogP contribution in [0.3, 0.4) is 0 Å². The van der Waals surface area contributed by atoms with Gasteiger partial charge in [0, 0.05) is 42.7 Å². The maximum atomic E-state index is 13.3. The Kier molecular flexibility index (Phi) is 8.38. The van der Waals surface area contributed by atoms with E-state index in [1.54, 1.807) is 24.3 Å². The molecule has 4 rings (SSSR count). The summed E-state index contributed by atoms with van der Waals surface area (Å²) in [6.07, 6.45) is 2.63. The quantitative estimate of drug-likeness (QED) is 0.312. The van der Waals surface area contributed by atoms with Gasteiger partial charge in [0.1, 0.15) is 15.8 Å². The first-order valence-electron chi connectivity index (χ1n) is 12.0. The fourth-order valence-corrected chi connectivity index (χ4v) is 6.32. The first kappa shape index (κ1) is 28.3. The highest BCUT2D eigenvalue weighted by Gasteiger charge is 2.22. The third-order valence-electron chi connectivity index (χ3n) is 5.93. The van der Waals surface area contributed by atoms with Crippen LogP contribution in [0.1, 0.15) is 21.5 Å². The lowest BCUT2D eigenvalue weighted by atomic mass is 10.0. The molecule has 3 aromatic heterocycles. The number of carbonyl (C=O) groups excluding carboxylic acids is 2. The van der Waals surface area contributed by atoms with Gasteiger partial charge in [-0.05, 0) is 50.8 Å². The van der Waals surface area contributed by atoms with Gasteiger partial charge in [-0.25, -0.2) is 13.4 Å². The predicted octanol–water partition coefficient (Wildman–Crippen LogP) is 2.77. The van der Waals surface area contributed by atoms with Crippen molar-refractivity contribution in [3.63, 3.8) is 0 Å². The summed E-state index contributed by atoms with van der Waals surface area (Å²) < 4.78 is 39.0. The number of pyridine rings is 2. The topological polar surface area (TPSA) is 118 Å². The van der Waals surface area contributed by atoms with Crippen molar-refractivity contribution >= 4 is 43.6 Å². The van der Waals surface area contributed by atoms with E-state index in [0.29, 0.717) is 46.3 Å². The highest BCUT2D eigenvalue weighted by Crippen LogP contribution is 2.22. The number of hydrogen-bond donors (Lipinski definition) is 1. The number of fused-ring (bicyclic) bond motifs is 1. The summed E-state index contributed by atoms with van der Waals surface area (Å²) in [4.78, 5) is 45.1. The van der Waals surface area contributed by atoms with E-state index in [9.17, 15) is 27.2 Å². The molecular formula is C27H27FN4O5S2. The number of nitrogens with zero attached hydrogens (tertiary/aromatic N) is 3. The number of amides is 1. The van der Waals surface area contributed by atoms with E-state index >= 15 is 0 Å². The molecule has 0 aliphatic carbocycles. The van der Waals surface area contributed by atoms with Gasteiger partial charge in [0.15, 0.2) is 20.8 Å². The van der Waals surface area contributed by atoms with Crippen molar-refractivity contribution in [2.45, 2.75) is 17.6 Å². The van der Waals surface area contributed by atoms with Gasteiger partial charge in [-0.2, -0.15) is 4.39 Å². The van der Waals surface area contributed by atoms with Gasteiger partial charge >= 0.3 is 0 Å². The van der Waals surface area contributed by atoms with E-state index in [1.165, 1.54) is 23.0 Å². The number of aryl methyl sites for hydroxylation is 1. The zero-order chi connectivity index (χ0) is 28.3. The fraction of sp³-hybridized carbons (Fsp3) is 0.259. The second-order valence-electron chi connectivity index (χ2n) is 9.38. The third-order valence-corrected chi connectivity index (χ3v) is 9.06. The molecule has 9 nitrogen and oxygen atoms in total. The van der Waals surface area contributed by atoms with Crippen molar-refractivity contribution in [1.82, 2.24) is 19.8 Å². The van der Waals surface area contributed by atoms with Crippen molar-refractivity contribution in [2.75, 3.05) is 32.9 Å². The number of halogens is 1. The average molecular weight is 571 g/mol. The number of thiophene rings is 1. The van der Waals surface area contributed by atoms with Crippen LogP contribution < -0.4 is 10.9 Å². The Hall–Kier alpha value is -3.74. The Morgan fingerprint density at radius 3 is 2.51 bits per heavy atom. The lowest BCUT2D eigenvalue weighted by molar-refractivity contribution is -0.116. The van der Waals surface area contributed by atoms with Gasteiger partial charge in [0.05, 0.1) is 5.56 Å². The van der Waals surface area contributed by atoms with Gasteiger partial charge in [-0.15, -0.1) is 0 Å². The lowest BCUT2D eigenvalue weighted by Crippen LogP contribution is -2.32. The van der Waals surface area contributed by atoms with Crippen molar-refractivity contribution in [3.8, 4) is 5.82 Å².